The normalized spacial score (nSPS) is 13.5. The molecule has 0 saturated heterocycles. The van der Waals surface area contributed by atoms with Crippen LogP contribution in [0.1, 0.15) is 79.2 Å². The Morgan fingerprint density at radius 1 is 0.933 bits per heavy atom. The molecule has 0 atom stereocenters. The molecule has 1 aliphatic rings. The van der Waals surface area contributed by atoms with Gasteiger partial charge in [0.05, 0.1) is 0 Å². The molecule has 0 bridgehead atoms. The Hall–Kier alpha value is -4.56. The van der Waals surface area contributed by atoms with Crippen LogP contribution in [0.15, 0.2) is 97.1 Å². The third kappa shape index (κ3) is 7.94. The van der Waals surface area contributed by atoms with Crippen LogP contribution in [0, 0.1) is 10.7 Å². The van der Waals surface area contributed by atoms with E-state index in [1.165, 1.54) is 26.7 Å². The zero-order valence-corrected chi connectivity index (χ0v) is 27.9. The second kappa shape index (κ2) is 13.2. The van der Waals surface area contributed by atoms with E-state index in [4.69, 9.17) is 9.84 Å². The van der Waals surface area contributed by atoms with Crippen LogP contribution in [0.25, 0.3) is 5.57 Å². The van der Waals surface area contributed by atoms with Crippen molar-refractivity contribution in [3.05, 3.63) is 130 Å². The molecule has 0 saturated carbocycles. The standard InChI is InChI=1S/C39H37NO4Se/c1-38(2,3)29-12-16-31(17-13-29)44-36(41)25-40-30-14-10-27(11-15-30)33-20-22-39(4,5)35-24-32(18-19-34(33)35)45-23-21-26-6-8-28(9-7-26)37(42)43/h6-20,24,40H,22,25H2,1-5H3,(H,42,43). The zero-order valence-electron chi connectivity index (χ0n) is 26.2. The molecule has 0 heterocycles. The summed E-state index contributed by atoms with van der Waals surface area (Å²) in [5.41, 5.74) is 8.03. The second-order valence-electron chi connectivity index (χ2n) is 12.8. The average Bonchev–Trinajstić information content (AvgIpc) is 3.01. The Balaban J connectivity index is 1.22. The van der Waals surface area contributed by atoms with Crippen LogP contribution in [0.2, 0.25) is 0 Å². The van der Waals surface area contributed by atoms with E-state index in [0.29, 0.717) is 5.75 Å². The minimum absolute atomic E-state index is 0.0000610. The third-order valence-corrected chi connectivity index (χ3v) is 9.36. The first-order chi connectivity index (χ1) is 21.4. The van der Waals surface area contributed by atoms with Gasteiger partial charge in [0.1, 0.15) is 5.75 Å². The van der Waals surface area contributed by atoms with Crippen molar-refractivity contribution in [1.29, 1.82) is 0 Å². The molecule has 0 amide bonds. The van der Waals surface area contributed by atoms with E-state index >= 15 is 0 Å². The van der Waals surface area contributed by atoms with Gasteiger partial charge >= 0.3 is 201 Å². The topological polar surface area (TPSA) is 75.6 Å². The Kier molecular flexibility index (Phi) is 9.34. The van der Waals surface area contributed by atoms with E-state index in [2.05, 4.69) is 87.1 Å². The Labute approximate surface area is 271 Å². The number of aromatic carboxylic acids is 1. The van der Waals surface area contributed by atoms with Crippen molar-refractivity contribution >= 4 is 42.6 Å². The number of allylic oxidation sites excluding steroid dienone is 1. The first-order valence-corrected chi connectivity index (χ1v) is 16.6. The number of hydrogen-bond acceptors (Lipinski definition) is 4. The van der Waals surface area contributed by atoms with Crippen LogP contribution < -0.4 is 14.5 Å². The number of hydrogen-bond donors (Lipinski definition) is 2. The summed E-state index contributed by atoms with van der Waals surface area (Å²) < 4.78 is 6.72. The SMILES string of the molecule is CC(C)(C)c1ccc(OC(=O)CNc2ccc(C3=CCC(C)(C)c4cc([Se]C#Cc5ccc(C(=O)O)cc5)ccc43)cc2)cc1. The summed E-state index contributed by atoms with van der Waals surface area (Å²) in [6.07, 6.45) is 3.24. The van der Waals surface area contributed by atoms with Crippen LogP contribution in [-0.4, -0.2) is 38.5 Å². The molecule has 0 aromatic heterocycles. The molecule has 5 rings (SSSR count). The summed E-state index contributed by atoms with van der Waals surface area (Å²) in [6.45, 7) is 11.1. The van der Waals surface area contributed by atoms with Crippen LogP contribution in [0.3, 0.4) is 0 Å². The van der Waals surface area contributed by atoms with Gasteiger partial charge in [0.25, 0.3) is 0 Å². The maximum absolute atomic E-state index is 12.5. The van der Waals surface area contributed by atoms with E-state index in [1.54, 1.807) is 24.3 Å². The first kappa shape index (κ1) is 31.9. The third-order valence-electron chi connectivity index (χ3n) is 7.91. The van der Waals surface area contributed by atoms with Crippen molar-refractivity contribution in [3.63, 3.8) is 0 Å². The van der Waals surface area contributed by atoms with Crippen molar-refractivity contribution < 1.29 is 19.4 Å². The molecular weight excluding hydrogens is 625 g/mol. The van der Waals surface area contributed by atoms with Gasteiger partial charge in [0, 0.05) is 0 Å². The van der Waals surface area contributed by atoms with Gasteiger partial charge in [0.15, 0.2) is 0 Å². The van der Waals surface area contributed by atoms with E-state index in [-0.39, 0.29) is 43.9 Å². The number of benzene rings is 4. The van der Waals surface area contributed by atoms with Crippen LogP contribution in [-0.2, 0) is 15.6 Å². The molecule has 45 heavy (non-hydrogen) atoms. The smallest absolute Gasteiger partial charge is 0.0189 e. The quantitative estimate of drug-likeness (QED) is 0.0952. The number of nitrogens with one attached hydrogen (secondary N) is 1. The number of rotatable bonds is 7. The van der Waals surface area contributed by atoms with Gasteiger partial charge in [0.2, 0.25) is 0 Å². The zero-order chi connectivity index (χ0) is 32.2. The maximum Gasteiger partial charge on any atom is -0.0189 e. The van der Waals surface area contributed by atoms with Gasteiger partial charge in [-0.05, 0) is 23.1 Å². The number of fused-ring (bicyclic) bond motifs is 1. The number of carboxylic acids is 1. The number of carboxylic acid groups (broad SMARTS) is 1. The Morgan fingerprint density at radius 3 is 2.27 bits per heavy atom. The van der Waals surface area contributed by atoms with E-state index in [9.17, 15) is 9.59 Å². The van der Waals surface area contributed by atoms with Gasteiger partial charge < -0.3 is 4.74 Å². The van der Waals surface area contributed by atoms with Crippen molar-refractivity contribution in [2.75, 3.05) is 11.9 Å². The van der Waals surface area contributed by atoms with Gasteiger partial charge in [-0.1, -0.05) is 32.9 Å². The number of ether oxygens (including phenoxy) is 1. The van der Waals surface area contributed by atoms with Gasteiger partial charge in [-0.25, -0.2) is 4.79 Å². The fourth-order valence-electron chi connectivity index (χ4n) is 5.20. The van der Waals surface area contributed by atoms with E-state index < -0.39 is 5.97 Å². The van der Waals surface area contributed by atoms with Gasteiger partial charge in [-0.2, -0.15) is 0 Å². The van der Waals surface area contributed by atoms with E-state index in [0.717, 1.165) is 23.2 Å². The predicted octanol–water partition coefficient (Wildman–Crippen LogP) is 7.15. The molecule has 4 aromatic rings. The first-order valence-electron chi connectivity index (χ1n) is 14.9. The van der Waals surface area contributed by atoms with Crippen LogP contribution >= 0.6 is 0 Å². The number of carbonyl (C=O) groups is 2. The van der Waals surface area contributed by atoms with E-state index in [1.807, 2.05) is 36.4 Å². The van der Waals surface area contributed by atoms with Crippen LogP contribution in [0.5, 0.6) is 5.75 Å². The minimum Gasteiger partial charge on any atom is -0.0548 e. The molecule has 0 aliphatic heterocycles. The fraction of sp³-hybridized carbons (Fsp3) is 0.231. The van der Waals surface area contributed by atoms with Crippen molar-refractivity contribution in [1.82, 2.24) is 0 Å². The molecular formula is C39H37NO4Se. The summed E-state index contributed by atoms with van der Waals surface area (Å²) in [6, 6.07) is 29.2. The van der Waals surface area contributed by atoms with Gasteiger partial charge in [-0.3, -0.25) is 0 Å². The predicted molar refractivity (Wildman–Crippen MR) is 183 cm³/mol. The number of carbonyl (C=O) groups excluding carboxylic acids is 1. The summed E-state index contributed by atoms with van der Waals surface area (Å²) in [7, 11) is 0. The average molecular weight is 663 g/mol. The molecule has 0 radical (unpaired) electrons. The molecule has 5 nitrogen and oxygen atoms in total. The largest absolute Gasteiger partial charge is 0.0548 e. The molecule has 6 heteroatoms. The van der Waals surface area contributed by atoms with Crippen molar-refractivity contribution in [2.24, 2.45) is 0 Å². The van der Waals surface area contributed by atoms with Gasteiger partial charge in [-0.15, -0.1) is 0 Å². The Bertz CT molecular complexity index is 1800. The second-order valence-corrected chi connectivity index (χ2v) is 14.6. The maximum atomic E-state index is 12.5. The van der Waals surface area contributed by atoms with Crippen molar-refractivity contribution in [3.8, 4) is 16.5 Å². The number of esters is 1. The van der Waals surface area contributed by atoms with Crippen molar-refractivity contribution in [2.45, 2.75) is 51.9 Å². The summed E-state index contributed by atoms with van der Waals surface area (Å²) >= 11 is -0.0394. The Morgan fingerprint density at radius 2 is 1.62 bits per heavy atom. The summed E-state index contributed by atoms with van der Waals surface area (Å²) in [4.78, 5) is 26.8. The molecule has 0 fully saturated rings. The molecule has 0 spiro atoms. The molecule has 0 unspecified atom stereocenters. The monoisotopic (exact) mass is 663 g/mol. The molecule has 2 N–H and O–H groups in total. The molecule has 1 aliphatic carbocycles. The molecule has 228 valence electrons. The number of anilines is 1. The fourth-order valence-corrected chi connectivity index (χ4v) is 6.46. The summed E-state index contributed by atoms with van der Waals surface area (Å²) in [5.74, 6) is 2.44. The van der Waals surface area contributed by atoms with Crippen LogP contribution in [0.4, 0.5) is 5.69 Å². The minimum atomic E-state index is -0.938. The molecule has 4 aromatic carbocycles. The summed E-state index contributed by atoms with van der Waals surface area (Å²) in [5, 5.41) is 12.3.